The molecule has 0 atom stereocenters. The highest BCUT2D eigenvalue weighted by Crippen LogP contribution is 2.26. The normalized spacial score (nSPS) is 17.7. The van der Waals surface area contributed by atoms with Crippen LogP contribution in [-0.4, -0.2) is 67.0 Å². The summed E-state index contributed by atoms with van der Waals surface area (Å²) in [6.45, 7) is 4.35. The largest absolute Gasteiger partial charge is 0.342 e. The summed E-state index contributed by atoms with van der Waals surface area (Å²) in [7, 11) is -3.34. The molecule has 9 heteroatoms. The second-order valence-corrected chi connectivity index (χ2v) is 11.5. The van der Waals surface area contributed by atoms with Gasteiger partial charge in [0.1, 0.15) is 6.54 Å². The number of sulfone groups is 1. The Balaban J connectivity index is 1.33. The number of carbonyl (C=O) groups is 3. The maximum Gasteiger partial charge on any atom is 0.332 e. The summed E-state index contributed by atoms with van der Waals surface area (Å²) in [5.41, 5.74) is 1.33. The van der Waals surface area contributed by atoms with Crippen molar-refractivity contribution in [3.63, 3.8) is 0 Å². The lowest BCUT2D eigenvalue weighted by Crippen LogP contribution is -2.48. The second kappa shape index (κ2) is 9.58. The Bertz CT molecular complexity index is 1170. The summed E-state index contributed by atoms with van der Waals surface area (Å²) in [4.78, 5) is 43.1. The minimum atomic E-state index is -3.34. The van der Waals surface area contributed by atoms with Crippen molar-refractivity contribution in [2.24, 2.45) is 0 Å². The SMILES string of the molecule is CC(C)S(=O)(=O)c1ccc(CC(=O)N2CCC(N3CC(=O)N(c4ccccc4)C3=O)CC2)cc1. The summed E-state index contributed by atoms with van der Waals surface area (Å²) in [5.74, 6) is -0.273. The standard InChI is InChI=1S/C25H29N3O5S/c1-18(2)34(32,33)22-10-8-19(9-11-22)16-23(29)26-14-12-20(13-15-26)27-17-24(30)28(25(27)31)21-6-4-3-5-7-21/h3-11,18,20H,12-17H2,1-2H3. The Kier molecular flexibility index (Phi) is 6.74. The van der Waals surface area contributed by atoms with Gasteiger partial charge in [0.15, 0.2) is 9.84 Å². The fourth-order valence-electron chi connectivity index (χ4n) is 4.42. The van der Waals surface area contributed by atoms with Gasteiger partial charge in [0.25, 0.3) is 5.91 Å². The average molecular weight is 484 g/mol. The summed E-state index contributed by atoms with van der Waals surface area (Å²) >= 11 is 0. The first-order chi connectivity index (χ1) is 16.2. The minimum absolute atomic E-state index is 0.0346. The summed E-state index contributed by atoms with van der Waals surface area (Å²) in [6.07, 6.45) is 1.41. The van der Waals surface area contributed by atoms with Crippen LogP contribution in [0.25, 0.3) is 0 Å². The van der Waals surface area contributed by atoms with Crippen molar-refractivity contribution in [1.29, 1.82) is 0 Å². The molecule has 0 spiro atoms. The summed E-state index contributed by atoms with van der Waals surface area (Å²) < 4.78 is 24.5. The molecule has 0 unspecified atom stereocenters. The predicted molar refractivity (Wildman–Crippen MR) is 128 cm³/mol. The van der Waals surface area contributed by atoms with E-state index in [1.54, 1.807) is 72.2 Å². The summed E-state index contributed by atoms with van der Waals surface area (Å²) in [5, 5.41) is -0.501. The Morgan fingerprint density at radius 1 is 0.971 bits per heavy atom. The quantitative estimate of drug-likeness (QED) is 0.589. The molecule has 4 rings (SSSR count). The first kappa shape index (κ1) is 23.9. The van der Waals surface area contributed by atoms with Gasteiger partial charge in [-0.1, -0.05) is 30.3 Å². The van der Waals surface area contributed by atoms with Crippen LogP contribution in [0.15, 0.2) is 59.5 Å². The van der Waals surface area contributed by atoms with E-state index < -0.39 is 15.1 Å². The fourth-order valence-corrected chi connectivity index (χ4v) is 5.48. The first-order valence-electron chi connectivity index (χ1n) is 11.5. The van der Waals surface area contributed by atoms with Gasteiger partial charge in [-0.05, 0) is 56.5 Å². The van der Waals surface area contributed by atoms with Crippen LogP contribution in [0.3, 0.4) is 0 Å². The molecule has 2 aliphatic heterocycles. The number of piperidine rings is 1. The van der Waals surface area contributed by atoms with Crippen molar-refractivity contribution in [2.75, 3.05) is 24.5 Å². The number of rotatable bonds is 6. The smallest absolute Gasteiger partial charge is 0.332 e. The summed E-state index contributed by atoms with van der Waals surface area (Å²) in [6, 6.07) is 15.0. The van der Waals surface area contributed by atoms with Crippen molar-refractivity contribution in [3.8, 4) is 0 Å². The number of para-hydroxylation sites is 1. The molecule has 180 valence electrons. The third-order valence-corrected chi connectivity index (χ3v) is 8.66. The molecule has 2 saturated heterocycles. The van der Waals surface area contributed by atoms with E-state index in [9.17, 15) is 22.8 Å². The van der Waals surface area contributed by atoms with Gasteiger partial charge in [-0.15, -0.1) is 0 Å². The van der Waals surface area contributed by atoms with E-state index in [4.69, 9.17) is 0 Å². The molecule has 0 bridgehead atoms. The number of benzene rings is 2. The number of hydrogen-bond donors (Lipinski definition) is 0. The van der Waals surface area contributed by atoms with Gasteiger partial charge in [-0.2, -0.15) is 0 Å². The van der Waals surface area contributed by atoms with Gasteiger partial charge >= 0.3 is 6.03 Å². The van der Waals surface area contributed by atoms with E-state index in [0.717, 1.165) is 5.56 Å². The lowest BCUT2D eigenvalue weighted by molar-refractivity contribution is -0.132. The molecule has 4 amide bonds. The van der Waals surface area contributed by atoms with Crippen LogP contribution in [0, 0.1) is 0 Å². The van der Waals surface area contributed by atoms with E-state index in [0.29, 0.717) is 31.6 Å². The Morgan fingerprint density at radius 2 is 1.59 bits per heavy atom. The third kappa shape index (κ3) is 4.70. The number of likely N-dealkylation sites (tertiary alicyclic amines) is 1. The molecule has 8 nitrogen and oxygen atoms in total. The number of nitrogens with zero attached hydrogens (tertiary/aromatic N) is 3. The number of urea groups is 1. The van der Waals surface area contributed by atoms with E-state index in [-0.39, 0.29) is 41.7 Å². The first-order valence-corrected chi connectivity index (χ1v) is 13.0. The van der Waals surface area contributed by atoms with Crippen molar-refractivity contribution < 1.29 is 22.8 Å². The Hall–Kier alpha value is -3.20. The van der Waals surface area contributed by atoms with Crippen molar-refractivity contribution in [3.05, 3.63) is 60.2 Å². The molecule has 2 aliphatic rings. The highest BCUT2D eigenvalue weighted by Gasteiger charge is 2.41. The van der Waals surface area contributed by atoms with Gasteiger partial charge in [0, 0.05) is 19.1 Å². The van der Waals surface area contributed by atoms with Crippen molar-refractivity contribution in [2.45, 2.75) is 49.3 Å². The maximum absolute atomic E-state index is 12.9. The predicted octanol–water partition coefficient (Wildman–Crippen LogP) is 2.87. The molecular formula is C25H29N3O5S. The minimum Gasteiger partial charge on any atom is -0.342 e. The van der Waals surface area contributed by atoms with Crippen LogP contribution < -0.4 is 4.90 Å². The Labute approximate surface area is 200 Å². The topological polar surface area (TPSA) is 95.1 Å². The third-order valence-electron chi connectivity index (χ3n) is 6.49. The zero-order chi connectivity index (χ0) is 24.5. The van der Waals surface area contributed by atoms with Gasteiger partial charge in [0.05, 0.1) is 22.3 Å². The molecule has 2 aromatic rings. The van der Waals surface area contributed by atoms with Gasteiger partial charge < -0.3 is 9.80 Å². The molecule has 0 radical (unpaired) electrons. The number of imide groups is 1. The van der Waals surface area contributed by atoms with Crippen LogP contribution >= 0.6 is 0 Å². The zero-order valence-corrected chi connectivity index (χ0v) is 20.2. The zero-order valence-electron chi connectivity index (χ0n) is 19.4. The highest BCUT2D eigenvalue weighted by atomic mass is 32.2. The average Bonchev–Trinajstić information content (AvgIpc) is 3.13. The van der Waals surface area contributed by atoms with E-state index >= 15 is 0 Å². The Morgan fingerprint density at radius 3 is 2.18 bits per heavy atom. The molecule has 0 saturated carbocycles. The molecule has 2 fully saturated rings. The molecule has 0 aromatic heterocycles. The van der Waals surface area contributed by atoms with Crippen LogP contribution in [-0.2, 0) is 25.8 Å². The monoisotopic (exact) mass is 483 g/mol. The van der Waals surface area contributed by atoms with E-state index in [1.807, 2.05) is 6.07 Å². The number of amides is 4. The number of carbonyl (C=O) groups excluding carboxylic acids is 3. The highest BCUT2D eigenvalue weighted by molar-refractivity contribution is 7.92. The molecule has 0 aliphatic carbocycles. The molecule has 2 heterocycles. The fraction of sp³-hybridized carbons (Fsp3) is 0.400. The van der Waals surface area contributed by atoms with Crippen molar-refractivity contribution in [1.82, 2.24) is 9.80 Å². The molecular weight excluding hydrogens is 454 g/mol. The molecule has 0 N–H and O–H groups in total. The van der Waals surface area contributed by atoms with E-state index in [2.05, 4.69) is 0 Å². The number of hydrogen-bond acceptors (Lipinski definition) is 5. The van der Waals surface area contributed by atoms with Gasteiger partial charge in [-0.3, -0.25) is 9.59 Å². The molecule has 2 aromatic carbocycles. The van der Waals surface area contributed by atoms with Crippen molar-refractivity contribution >= 4 is 33.4 Å². The maximum atomic E-state index is 12.9. The number of anilines is 1. The van der Waals surface area contributed by atoms with Crippen LogP contribution in [0.1, 0.15) is 32.3 Å². The van der Waals surface area contributed by atoms with Gasteiger partial charge in [-0.25, -0.2) is 18.1 Å². The van der Waals surface area contributed by atoms with Crippen LogP contribution in [0.4, 0.5) is 10.5 Å². The van der Waals surface area contributed by atoms with Crippen LogP contribution in [0.2, 0.25) is 0 Å². The van der Waals surface area contributed by atoms with Gasteiger partial charge in [0.2, 0.25) is 5.91 Å². The molecule has 34 heavy (non-hydrogen) atoms. The lowest BCUT2D eigenvalue weighted by Gasteiger charge is -2.36. The van der Waals surface area contributed by atoms with E-state index in [1.165, 1.54) is 4.90 Å². The van der Waals surface area contributed by atoms with Crippen LogP contribution in [0.5, 0.6) is 0 Å². The lowest BCUT2D eigenvalue weighted by atomic mass is 10.0. The second-order valence-electron chi connectivity index (χ2n) is 9.00.